The van der Waals surface area contributed by atoms with Crippen LogP contribution in [0.15, 0.2) is 12.2 Å². The normalized spacial score (nSPS) is 76.5. The Morgan fingerprint density at radius 3 is 2.64 bits per heavy atom. The van der Waals surface area contributed by atoms with Crippen LogP contribution in [-0.4, -0.2) is 67.9 Å². The van der Waals surface area contributed by atoms with Gasteiger partial charge in [0.05, 0.1) is 18.3 Å². The Balaban J connectivity index is 1.57. The first-order chi connectivity index (χ1) is 11.7. The maximum atomic E-state index is 12.1. The lowest BCUT2D eigenvalue weighted by Gasteiger charge is -2.67. The molecule has 5 heteroatoms. The van der Waals surface area contributed by atoms with Crippen molar-refractivity contribution < 1.29 is 20.4 Å². The van der Waals surface area contributed by atoms with Crippen molar-refractivity contribution in [3.63, 3.8) is 0 Å². The number of nitrogens with zero attached hydrogens (tertiary/aromatic N) is 1. The van der Waals surface area contributed by atoms with E-state index in [0.29, 0.717) is 18.4 Å². The Hall–Kier alpha value is -0.460. The van der Waals surface area contributed by atoms with Gasteiger partial charge in [0.15, 0.2) is 0 Å². The van der Waals surface area contributed by atoms with E-state index in [4.69, 9.17) is 0 Å². The fraction of sp³-hybridized carbons (Fsp3) is 0.900. The van der Waals surface area contributed by atoms with Crippen molar-refractivity contribution in [2.45, 2.75) is 68.6 Å². The second kappa shape index (κ2) is 3.49. The summed E-state index contributed by atoms with van der Waals surface area (Å²) in [4.78, 5) is 2.49. The summed E-state index contributed by atoms with van der Waals surface area (Å²) in [6.07, 6.45) is 1.15. The lowest BCUT2D eigenvalue weighted by molar-refractivity contribution is -0.280. The van der Waals surface area contributed by atoms with E-state index in [1.807, 2.05) is 0 Å². The van der Waals surface area contributed by atoms with Crippen LogP contribution in [0.2, 0.25) is 0 Å². The van der Waals surface area contributed by atoms with Crippen molar-refractivity contribution in [3.8, 4) is 0 Å². The Bertz CT molecular complexity index is 756. The molecule has 4 N–H and O–H groups in total. The molecule has 9 bridgehead atoms. The molecule has 0 aromatic carbocycles. The molecule has 0 radical (unpaired) electrons. The number of hydrogen-bond donors (Lipinski definition) is 4. The van der Waals surface area contributed by atoms with Crippen LogP contribution >= 0.6 is 0 Å². The van der Waals surface area contributed by atoms with Gasteiger partial charge in [-0.25, -0.2) is 0 Å². The van der Waals surface area contributed by atoms with Crippen molar-refractivity contribution in [3.05, 3.63) is 12.2 Å². The van der Waals surface area contributed by atoms with Crippen molar-refractivity contribution in [2.24, 2.45) is 34.0 Å². The molecule has 3 aliphatic heterocycles. The minimum Gasteiger partial charge on any atom is -0.393 e. The monoisotopic (exact) mass is 345 g/mol. The predicted molar refractivity (Wildman–Crippen MR) is 88.3 cm³/mol. The lowest BCUT2D eigenvalue weighted by Crippen LogP contribution is -2.76. The van der Waals surface area contributed by atoms with E-state index in [0.717, 1.165) is 31.4 Å². The van der Waals surface area contributed by atoms with Crippen LogP contribution < -0.4 is 0 Å². The van der Waals surface area contributed by atoms with Crippen LogP contribution in [0.1, 0.15) is 32.6 Å². The summed E-state index contributed by atoms with van der Waals surface area (Å²) in [6.45, 7) is 7.38. The van der Waals surface area contributed by atoms with Crippen LogP contribution in [-0.2, 0) is 0 Å². The molecular formula is C20H27NO4. The summed E-state index contributed by atoms with van der Waals surface area (Å²) in [5.41, 5.74) is -0.886. The maximum Gasteiger partial charge on any atom is 0.113 e. The number of piperidine rings is 2. The third-order valence-electron chi connectivity index (χ3n) is 10.3. The highest BCUT2D eigenvalue weighted by molar-refractivity contribution is 5.48. The van der Waals surface area contributed by atoms with Gasteiger partial charge in [0.1, 0.15) is 5.60 Å². The summed E-state index contributed by atoms with van der Waals surface area (Å²) in [7, 11) is 0. The Morgan fingerprint density at radius 1 is 1.12 bits per heavy atom. The van der Waals surface area contributed by atoms with Gasteiger partial charge in [-0.2, -0.15) is 0 Å². The summed E-state index contributed by atoms with van der Waals surface area (Å²) in [5.74, 6) is -0.0124. The summed E-state index contributed by atoms with van der Waals surface area (Å²) >= 11 is 0. The summed E-state index contributed by atoms with van der Waals surface area (Å²) in [5, 5.41) is 45.4. The van der Waals surface area contributed by atoms with Gasteiger partial charge in [-0.05, 0) is 37.0 Å². The van der Waals surface area contributed by atoms with Crippen LogP contribution in [0.4, 0.5) is 0 Å². The zero-order valence-electron chi connectivity index (χ0n) is 14.6. The highest BCUT2D eigenvalue weighted by Gasteiger charge is 2.94. The molecule has 2 spiro atoms. The molecule has 3 saturated heterocycles. The minimum absolute atomic E-state index is 0.0188. The Morgan fingerprint density at radius 2 is 1.88 bits per heavy atom. The van der Waals surface area contributed by atoms with Gasteiger partial charge >= 0.3 is 0 Å². The second-order valence-corrected chi connectivity index (χ2v) is 10.9. The number of fused-ring (bicyclic) bond motifs is 1. The zero-order valence-corrected chi connectivity index (χ0v) is 14.6. The molecule has 25 heavy (non-hydrogen) atoms. The predicted octanol–water partition coefficient (Wildman–Crippen LogP) is -0.121. The average molecular weight is 345 g/mol. The third-order valence-corrected chi connectivity index (χ3v) is 10.3. The van der Waals surface area contributed by atoms with E-state index in [1.165, 1.54) is 0 Å². The van der Waals surface area contributed by atoms with E-state index in [2.05, 4.69) is 18.4 Å². The van der Waals surface area contributed by atoms with E-state index in [-0.39, 0.29) is 28.9 Å². The second-order valence-electron chi connectivity index (χ2n) is 10.9. The molecule has 3 heterocycles. The molecule has 9 aliphatic rings. The van der Waals surface area contributed by atoms with Crippen molar-refractivity contribution >= 4 is 0 Å². The zero-order chi connectivity index (χ0) is 17.3. The fourth-order valence-corrected chi connectivity index (χ4v) is 10.7. The lowest BCUT2D eigenvalue weighted by atomic mass is 9.39. The van der Waals surface area contributed by atoms with Gasteiger partial charge in [-0.15, -0.1) is 0 Å². The molecular weight excluding hydrogens is 318 g/mol. The maximum absolute atomic E-state index is 12.1. The first-order valence-electron chi connectivity index (χ1n) is 9.92. The Labute approximate surface area is 147 Å². The molecule has 9 rings (SSSR count). The topological polar surface area (TPSA) is 84.2 Å². The van der Waals surface area contributed by atoms with E-state index in [9.17, 15) is 20.4 Å². The molecule has 13 atom stereocenters. The van der Waals surface area contributed by atoms with Gasteiger partial charge in [0.25, 0.3) is 0 Å². The molecule has 6 saturated carbocycles. The molecule has 0 amide bonds. The number of aliphatic hydroxyl groups excluding tert-OH is 3. The smallest absolute Gasteiger partial charge is 0.113 e. The van der Waals surface area contributed by atoms with Crippen LogP contribution in [0.25, 0.3) is 0 Å². The number of rotatable bonds is 0. The van der Waals surface area contributed by atoms with E-state index >= 15 is 0 Å². The first kappa shape index (κ1) is 14.6. The largest absolute Gasteiger partial charge is 0.393 e. The van der Waals surface area contributed by atoms with E-state index in [1.54, 1.807) is 0 Å². The average Bonchev–Trinajstić information content (AvgIpc) is 2.90. The van der Waals surface area contributed by atoms with Crippen molar-refractivity contribution in [1.29, 1.82) is 0 Å². The van der Waals surface area contributed by atoms with Gasteiger partial charge in [-0.1, -0.05) is 19.1 Å². The summed E-state index contributed by atoms with van der Waals surface area (Å²) < 4.78 is 0. The first-order valence-corrected chi connectivity index (χ1v) is 9.92. The van der Waals surface area contributed by atoms with Crippen molar-refractivity contribution in [1.82, 2.24) is 4.90 Å². The van der Waals surface area contributed by atoms with Crippen LogP contribution in [0, 0.1) is 34.0 Å². The van der Waals surface area contributed by atoms with Gasteiger partial charge < -0.3 is 20.4 Å². The highest BCUT2D eigenvalue weighted by atomic mass is 16.4. The Kier molecular flexibility index (Phi) is 2.04. The van der Waals surface area contributed by atoms with Crippen LogP contribution in [0.3, 0.4) is 0 Å². The van der Waals surface area contributed by atoms with Crippen molar-refractivity contribution in [2.75, 3.05) is 6.54 Å². The third kappa shape index (κ3) is 1.02. The van der Waals surface area contributed by atoms with Gasteiger partial charge in [0, 0.05) is 41.3 Å². The molecule has 136 valence electrons. The molecule has 6 aliphatic carbocycles. The number of hydrogen-bond acceptors (Lipinski definition) is 5. The van der Waals surface area contributed by atoms with Gasteiger partial charge in [-0.3, -0.25) is 4.90 Å². The minimum atomic E-state index is -1.16. The molecule has 0 aromatic rings. The standard InChI is InChI=1S/C20H27NO4/c1-8-3-18-6-10-13-17(2)4-9(22)5-19(13)14(18)12(23)11(8)15(24)20(18,25)16(19)21(10)7-17/h9-16,22-25H,1,3-7H2,2H3. The summed E-state index contributed by atoms with van der Waals surface area (Å²) in [6, 6.07) is 0.320. The van der Waals surface area contributed by atoms with E-state index < -0.39 is 29.1 Å². The molecule has 0 aromatic heterocycles. The SMILES string of the molecule is C=C1CC23CC4C5C6(C)CC(O)CC57C2C(O)C1C(O)C3(O)C7N4C6. The molecule has 5 nitrogen and oxygen atoms in total. The highest BCUT2D eigenvalue weighted by Crippen LogP contribution is 2.87. The quantitative estimate of drug-likeness (QED) is 0.460. The fourth-order valence-electron chi connectivity index (χ4n) is 10.7. The van der Waals surface area contributed by atoms with Crippen LogP contribution in [0.5, 0.6) is 0 Å². The molecule has 9 fully saturated rings. The van der Waals surface area contributed by atoms with Gasteiger partial charge in [0.2, 0.25) is 0 Å². The molecule has 13 unspecified atom stereocenters. The number of aliphatic hydroxyl groups is 4.